The maximum absolute atomic E-state index is 12.5. The van der Waals surface area contributed by atoms with E-state index < -0.39 is 17.7 Å². The van der Waals surface area contributed by atoms with E-state index in [1.165, 1.54) is 25.3 Å². The van der Waals surface area contributed by atoms with E-state index >= 15 is 0 Å². The Labute approximate surface area is 168 Å². The van der Waals surface area contributed by atoms with Gasteiger partial charge in [0.1, 0.15) is 5.75 Å². The lowest BCUT2D eigenvalue weighted by molar-refractivity contribution is -0.117. The Morgan fingerprint density at radius 1 is 1.15 bits per heavy atom. The maximum atomic E-state index is 12.5. The highest BCUT2D eigenvalue weighted by Crippen LogP contribution is 2.28. The molecule has 0 aromatic heterocycles. The summed E-state index contributed by atoms with van der Waals surface area (Å²) in [4.78, 5) is 35.0. The number of carbonyl (C=O) groups is 3. The summed E-state index contributed by atoms with van der Waals surface area (Å²) in [5, 5.41) is 5.53. The zero-order chi connectivity index (χ0) is 19.3. The standard InChI is InChI=1S/C17H15ClIN3O4/c1-26-14-7-13(19)12(18)6-11(14)17(25)22-10-4-2-9(3-5-10)16(24)21-8-15(20)23/h2-7H,8H2,1H3,(H2,20,23)(H,21,24)(H,22,25). The molecule has 0 saturated carbocycles. The molecule has 2 aromatic rings. The van der Waals surface area contributed by atoms with Crippen LogP contribution in [0.5, 0.6) is 5.75 Å². The fourth-order valence-electron chi connectivity index (χ4n) is 2.05. The Hall–Kier alpha value is -2.33. The van der Waals surface area contributed by atoms with Gasteiger partial charge in [-0.25, -0.2) is 0 Å². The molecule has 0 aliphatic rings. The number of nitrogens with two attached hydrogens (primary N) is 1. The molecule has 0 saturated heterocycles. The van der Waals surface area contributed by atoms with Gasteiger partial charge in [0.15, 0.2) is 0 Å². The summed E-state index contributed by atoms with van der Waals surface area (Å²) in [7, 11) is 1.47. The van der Waals surface area contributed by atoms with Crippen LogP contribution in [-0.2, 0) is 4.79 Å². The van der Waals surface area contributed by atoms with Crippen LogP contribution in [0.3, 0.4) is 0 Å². The number of benzene rings is 2. The molecule has 0 unspecified atom stereocenters. The number of nitrogens with one attached hydrogen (secondary N) is 2. The number of carbonyl (C=O) groups excluding carboxylic acids is 3. The van der Waals surface area contributed by atoms with Crippen molar-refractivity contribution in [1.29, 1.82) is 0 Å². The lowest BCUT2D eigenvalue weighted by Gasteiger charge is -2.11. The highest BCUT2D eigenvalue weighted by molar-refractivity contribution is 14.1. The Kier molecular flexibility index (Phi) is 6.81. The second kappa shape index (κ2) is 8.86. The van der Waals surface area contributed by atoms with Crippen molar-refractivity contribution in [3.8, 4) is 5.75 Å². The second-order valence-electron chi connectivity index (χ2n) is 5.15. The molecule has 2 aromatic carbocycles. The third-order valence-electron chi connectivity index (χ3n) is 3.32. The molecule has 0 atom stereocenters. The van der Waals surface area contributed by atoms with Gasteiger partial charge in [0.2, 0.25) is 5.91 Å². The molecule has 136 valence electrons. The predicted octanol–water partition coefficient (Wildman–Crippen LogP) is 2.42. The van der Waals surface area contributed by atoms with E-state index in [4.69, 9.17) is 22.1 Å². The average molecular weight is 488 g/mol. The number of rotatable bonds is 6. The molecule has 9 heteroatoms. The van der Waals surface area contributed by atoms with E-state index in [9.17, 15) is 14.4 Å². The molecule has 0 heterocycles. The fraction of sp³-hybridized carbons (Fsp3) is 0.118. The van der Waals surface area contributed by atoms with Crippen LogP contribution in [0.2, 0.25) is 5.02 Å². The Balaban J connectivity index is 2.12. The molecule has 2 rings (SSSR count). The fourth-order valence-corrected chi connectivity index (χ4v) is 2.65. The van der Waals surface area contributed by atoms with Gasteiger partial charge in [-0.15, -0.1) is 0 Å². The SMILES string of the molecule is COc1cc(I)c(Cl)cc1C(=O)Nc1ccc(C(=O)NCC(N)=O)cc1. The molecule has 3 amide bonds. The van der Waals surface area contributed by atoms with Crippen molar-refractivity contribution in [1.82, 2.24) is 5.32 Å². The number of hydrogen-bond donors (Lipinski definition) is 3. The smallest absolute Gasteiger partial charge is 0.259 e. The summed E-state index contributed by atoms with van der Waals surface area (Å²) in [5.74, 6) is -1.06. The van der Waals surface area contributed by atoms with Crippen LogP contribution in [0.1, 0.15) is 20.7 Å². The number of ether oxygens (including phenoxy) is 1. The van der Waals surface area contributed by atoms with Crippen molar-refractivity contribution in [2.24, 2.45) is 5.73 Å². The molecular formula is C17H15ClIN3O4. The Morgan fingerprint density at radius 2 is 1.81 bits per heavy atom. The van der Waals surface area contributed by atoms with E-state index in [-0.39, 0.29) is 6.54 Å². The van der Waals surface area contributed by atoms with Gasteiger partial charge >= 0.3 is 0 Å². The van der Waals surface area contributed by atoms with Gasteiger partial charge in [0, 0.05) is 14.8 Å². The van der Waals surface area contributed by atoms with Crippen LogP contribution in [0.15, 0.2) is 36.4 Å². The minimum absolute atomic E-state index is 0.245. The van der Waals surface area contributed by atoms with E-state index in [0.29, 0.717) is 27.6 Å². The largest absolute Gasteiger partial charge is 0.496 e. The van der Waals surface area contributed by atoms with Gasteiger partial charge in [-0.3, -0.25) is 14.4 Å². The van der Waals surface area contributed by atoms with Gasteiger partial charge < -0.3 is 21.1 Å². The first-order valence-electron chi connectivity index (χ1n) is 7.32. The first-order chi connectivity index (χ1) is 12.3. The van der Waals surface area contributed by atoms with Gasteiger partial charge in [-0.2, -0.15) is 0 Å². The van der Waals surface area contributed by atoms with Gasteiger partial charge in [-0.05, 0) is 59.0 Å². The lowest BCUT2D eigenvalue weighted by atomic mass is 10.1. The van der Waals surface area contributed by atoms with Crippen LogP contribution >= 0.6 is 34.2 Å². The molecule has 0 aliphatic heterocycles. The number of hydrogen-bond acceptors (Lipinski definition) is 4. The van der Waals surface area contributed by atoms with Crippen molar-refractivity contribution in [3.05, 3.63) is 56.1 Å². The quantitative estimate of drug-likeness (QED) is 0.544. The average Bonchev–Trinajstić information content (AvgIpc) is 2.62. The normalized spacial score (nSPS) is 10.1. The molecule has 4 N–H and O–H groups in total. The molecule has 0 aliphatic carbocycles. The molecule has 0 spiro atoms. The summed E-state index contributed by atoms with van der Waals surface area (Å²) in [6, 6.07) is 9.37. The first-order valence-corrected chi connectivity index (χ1v) is 8.78. The minimum Gasteiger partial charge on any atom is -0.496 e. The highest BCUT2D eigenvalue weighted by Gasteiger charge is 2.16. The second-order valence-corrected chi connectivity index (χ2v) is 6.72. The Morgan fingerprint density at radius 3 is 2.38 bits per heavy atom. The van der Waals surface area contributed by atoms with E-state index in [1.807, 2.05) is 22.6 Å². The first kappa shape index (κ1) is 20.0. The lowest BCUT2D eigenvalue weighted by Crippen LogP contribution is -2.33. The maximum Gasteiger partial charge on any atom is 0.259 e. The summed E-state index contributed by atoms with van der Waals surface area (Å²) < 4.78 is 5.99. The third-order valence-corrected chi connectivity index (χ3v) is 4.84. The summed E-state index contributed by atoms with van der Waals surface area (Å²) in [5.41, 5.74) is 6.09. The van der Waals surface area contributed by atoms with Crippen molar-refractivity contribution in [2.75, 3.05) is 19.0 Å². The summed E-state index contributed by atoms with van der Waals surface area (Å²) >= 11 is 8.12. The van der Waals surface area contributed by atoms with E-state index in [1.54, 1.807) is 18.2 Å². The van der Waals surface area contributed by atoms with Crippen molar-refractivity contribution in [2.45, 2.75) is 0 Å². The van der Waals surface area contributed by atoms with Crippen LogP contribution < -0.4 is 21.1 Å². The van der Waals surface area contributed by atoms with Gasteiger partial charge in [0.05, 0.1) is 24.2 Å². The number of amides is 3. The van der Waals surface area contributed by atoms with E-state index in [0.717, 1.165) is 3.57 Å². The van der Waals surface area contributed by atoms with Crippen molar-refractivity contribution in [3.63, 3.8) is 0 Å². The molecule has 7 nitrogen and oxygen atoms in total. The highest BCUT2D eigenvalue weighted by atomic mass is 127. The molecule has 0 bridgehead atoms. The summed E-state index contributed by atoms with van der Waals surface area (Å²) in [6.45, 7) is -0.245. The predicted molar refractivity (Wildman–Crippen MR) is 107 cm³/mol. The van der Waals surface area contributed by atoms with Crippen LogP contribution in [0.25, 0.3) is 0 Å². The number of halogens is 2. The zero-order valence-electron chi connectivity index (χ0n) is 13.6. The van der Waals surface area contributed by atoms with E-state index in [2.05, 4.69) is 10.6 Å². The minimum atomic E-state index is -0.632. The third kappa shape index (κ3) is 5.09. The number of methoxy groups -OCH3 is 1. The van der Waals surface area contributed by atoms with Crippen LogP contribution in [0.4, 0.5) is 5.69 Å². The topological polar surface area (TPSA) is 111 Å². The van der Waals surface area contributed by atoms with Crippen molar-refractivity contribution >= 4 is 57.6 Å². The number of primary amides is 1. The molecular weight excluding hydrogens is 473 g/mol. The van der Waals surface area contributed by atoms with Crippen molar-refractivity contribution < 1.29 is 19.1 Å². The van der Waals surface area contributed by atoms with Gasteiger partial charge in [0.25, 0.3) is 11.8 Å². The Bertz CT molecular complexity index is 856. The van der Waals surface area contributed by atoms with Crippen LogP contribution in [0, 0.1) is 3.57 Å². The monoisotopic (exact) mass is 487 g/mol. The van der Waals surface area contributed by atoms with Gasteiger partial charge in [-0.1, -0.05) is 11.6 Å². The number of anilines is 1. The zero-order valence-corrected chi connectivity index (χ0v) is 16.6. The summed E-state index contributed by atoms with van der Waals surface area (Å²) in [6.07, 6.45) is 0. The molecule has 0 fully saturated rings. The molecule has 0 radical (unpaired) electrons. The molecule has 26 heavy (non-hydrogen) atoms. The van der Waals surface area contributed by atoms with Crippen LogP contribution in [-0.4, -0.2) is 31.4 Å².